The molecule has 30 heavy (non-hydrogen) atoms. The van der Waals surface area contributed by atoms with Gasteiger partial charge in [0, 0.05) is 18.7 Å². The minimum absolute atomic E-state index is 0.173. The number of rotatable bonds is 6. The van der Waals surface area contributed by atoms with Gasteiger partial charge in [-0.3, -0.25) is 0 Å². The zero-order valence-corrected chi connectivity index (χ0v) is 17.2. The highest BCUT2D eigenvalue weighted by atomic mass is 16.5. The smallest absolute Gasteiger partial charge is 0.322 e. The summed E-state index contributed by atoms with van der Waals surface area (Å²) in [6.07, 6.45) is 4.82. The van der Waals surface area contributed by atoms with E-state index in [-0.39, 0.29) is 12.1 Å². The number of benzene rings is 2. The molecule has 1 aliphatic heterocycles. The molecule has 2 fully saturated rings. The van der Waals surface area contributed by atoms with Crippen LogP contribution >= 0.6 is 0 Å². The molecule has 1 saturated heterocycles. The Morgan fingerprint density at radius 2 is 1.87 bits per heavy atom. The molecule has 0 radical (unpaired) electrons. The number of carbonyl (C=O) groups excluding carboxylic acids is 1. The molecule has 0 spiro atoms. The maximum atomic E-state index is 12.9. The highest BCUT2D eigenvalue weighted by Crippen LogP contribution is 2.26. The molecule has 1 aliphatic carbocycles. The number of nitrogens with zero attached hydrogens (tertiary/aromatic N) is 1. The number of morpholine rings is 1. The highest BCUT2D eigenvalue weighted by Gasteiger charge is 2.29. The van der Waals surface area contributed by atoms with Crippen molar-refractivity contribution >= 4 is 11.7 Å². The number of hydrogen-bond donors (Lipinski definition) is 2. The first kappa shape index (κ1) is 20.7. The fourth-order valence-corrected chi connectivity index (χ4v) is 4.20. The van der Waals surface area contributed by atoms with E-state index in [9.17, 15) is 9.90 Å². The number of aliphatic hydroxyl groups excluding tert-OH is 1. The van der Waals surface area contributed by atoms with Gasteiger partial charge in [-0.15, -0.1) is 0 Å². The Balaban J connectivity index is 1.34. The lowest BCUT2D eigenvalue weighted by molar-refractivity contribution is -0.00428. The molecule has 0 bridgehead atoms. The van der Waals surface area contributed by atoms with Gasteiger partial charge in [-0.2, -0.15) is 0 Å². The molecule has 2 amide bonds. The first-order valence-corrected chi connectivity index (χ1v) is 10.8. The molecule has 2 aromatic rings. The summed E-state index contributed by atoms with van der Waals surface area (Å²) in [7, 11) is 0. The largest absolute Gasteiger partial charge is 0.490 e. The standard InChI is InChI=1S/C24H30N2O4/c27-23(18-6-2-1-3-7-18)16-20-17-29-15-14-26(20)24(28)25-19-10-12-22(13-11-19)30-21-8-4-5-9-21/h1-3,6-7,10-13,20-21,23,27H,4-5,8-9,14-17H2,(H,25,28)/t20-,23-/m0/s1. The van der Waals surface area contributed by atoms with E-state index in [1.54, 1.807) is 4.90 Å². The summed E-state index contributed by atoms with van der Waals surface area (Å²) in [5, 5.41) is 13.6. The van der Waals surface area contributed by atoms with Gasteiger partial charge in [-0.25, -0.2) is 4.79 Å². The summed E-state index contributed by atoms with van der Waals surface area (Å²) in [6.45, 7) is 1.42. The summed E-state index contributed by atoms with van der Waals surface area (Å²) < 4.78 is 11.6. The highest BCUT2D eigenvalue weighted by molar-refractivity contribution is 5.89. The van der Waals surface area contributed by atoms with Crippen LogP contribution in [0, 0.1) is 0 Å². The Kier molecular flexibility index (Phi) is 6.87. The molecule has 2 aliphatic rings. The van der Waals surface area contributed by atoms with E-state index in [0.717, 1.165) is 29.8 Å². The third-order valence-corrected chi connectivity index (χ3v) is 5.88. The topological polar surface area (TPSA) is 71.0 Å². The van der Waals surface area contributed by atoms with Gasteiger partial charge in [0.25, 0.3) is 0 Å². The number of aliphatic hydroxyl groups is 1. The zero-order valence-electron chi connectivity index (χ0n) is 17.2. The number of urea groups is 1. The minimum atomic E-state index is -0.639. The van der Waals surface area contributed by atoms with Crippen molar-refractivity contribution in [2.24, 2.45) is 0 Å². The van der Waals surface area contributed by atoms with Crippen LogP contribution in [0.5, 0.6) is 5.75 Å². The molecule has 0 aromatic heterocycles. The Morgan fingerprint density at radius 3 is 2.60 bits per heavy atom. The van der Waals surface area contributed by atoms with Gasteiger partial charge in [0.15, 0.2) is 0 Å². The van der Waals surface area contributed by atoms with Crippen molar-refractivity contribution in [1.29, 1.82) is 0 Å². The average molecular weight is 411 g/mol. The van der Waals surface area contributed by atoms with Crippen LogP contribution < -0.4 is 10.1 Å². The number of anilines is 1. The van der Waals surface area contributed by atoms with E-state index < -0.39 is 6.10 Å². The second-order valence-electron chi connectivity index (χ2n) is 8.06. The van der Waals surface area contributed by atoms with Crippen LogP contribution in [-0.2, 0) is 4.74 Å². The van der Waals surface area contributed by atoms with Crippen molar-refractivity contribution in [2.75, 3.05) is 25.1 Å². The molecule has 2 atom stereocenters. The molecular weight excluding hydrogens is 380 g/mol. The van der Waals surface area contributed by atoms with E-state index in [1.807, 2.05) is 54.6 Å². The van der Waals surface area contributed by atoms with Gasteiger partial charge in [-0.05, 0) is 55.5 Å². The van der Waals surface area contributed by atoms with Gasteiger partial charge in [0.1, 0.15) is 5.75 Å². The number of amides is 2. The third kappa shape index (κ3) is 5.32. The number of carbonyl (C=O) groups is 1. The second kappa shape index (κ2) is 9.96. The van der Waals surface area contributed by atoms with Crippen molar-refractivity contribution in [3.8, 4) is 5.75 Å². The van der Waals surface area contributed by atoms with E-state index in [0.29, 0.717) is 32.3 Å². The minimum Gasteiger partial charge on any atom is -0.490 e. The van der Waals surface area contributed by atoms with Crippen molar-refractivity contribution < 1.29 is 19.4 Å². The normalized spacial score (nSPS) is 20.7. The lowest BCUT2D eigenvalue weighted by Crippen LogP contribution is -2.50. The summed E-state index contributed by atoms with van der Waals surface area (Å²) >= 11 is 0. The first-order chi connectivity index (χ1) is 14.7. The average Bonchev–Trinajstić information content (AvgIpc) is 3.29. The first-order valence-electron chi connectivity index (χ1n) is 10.8. The molecule has 2 N–H and O–H groups in total. The fraction of sp³-hybridized carbons (Fsp3) is 0.458. The monoisotopic (exact) mass is 410 g/mol. The van der Waals surface area contributed by atoms with Gasteiger partial charge in [0.05, 0.1) is 31.5 Å². The second-order valence-corrected chi connectivity index (χ2v) is 8.06. The van der Waals surface area contributed by atoms with E-state index in [2.05, 4.69) is 5.32 Å². The molecule has 6 nitrogen and oxygen atoms in total. The Labute approximate surface area is 177 Å². The molecule has 6 heteroatoms. The van der Waals surface area contributed by atoms with Crippen molar-refractivity contribution in [3.05, 3.63) is 60.2 Å². The lowest BCUT2D eigenvalue weighted by Gasteiger charge is -2.36. The van der Waals surface area contributed by atoms with E-state index in [4.69, 9.17) is 9.47 Å². The van der Waals surface area contributed by atoms with Crippen molar-refractivity contribution in [3.63, 3.8) is 0 Å². The van der Waals surface area contributed by atoms with Crippen LogP contribution in [0.3, 0.4) is 0 Å². The van der Waals surface area contributed by atoms with Crippen molar-refractivity contribution in [1.82, 2.24) is 4.90 Å². The number of nitrogens with one attached hydrogen (secondary N) is 1. The van der Waals surface area contributed by atoms with Crippen LogP contribution in [0.4, 0.5) is 10.5 Å². The van der Waals surface area contributed by atoms with Crippen LogP contribution in [0.2, 0.25) is 0 Å². The Bertz CT molecular complexity index is 806. The Morgan fingerprint density at radius 1 is 1.13 bits per heavy atom. The van der Waals surface area contributed by atoms with Gasteiger partial charge < -0.3 is 24.8 Å². The molecule has 160 valence electrons. The van der Waals surface area contributed by atoms with Gasteiger partial charge >= 0.3 is 6.03 Å². The third-order valence-electron chi connectivity index (χ3n) is 5.88. The fourth-order valence-electron chi connectivity index (χ4n) is 4.20. The van der Waals surface area contributed by atoms with Crippen LogP contribution in [-0.4, -0.2) is 47.9 Å². The maximum Gasteiger partial charge on any atom is 0.322 e. The van der Waals surface area contributed by atoms with Gasteiger partial charge in [0.2, 0.25) is 0 Å². The number of ether oxygens (including phenoxy) is 2. The zero-order chi connectivity index (χ0) is 20.8. The predicted octanol–water partition coefficient (Wildman–Crippen LogP) is 4.36. The summed E-state index contributed by atoms with van der Waals surface area (Å²) in [5.41, 5.74) is 1.58. The van der Waals surface area contributed by atoms with E-state index in [1.165, 1.54) is 12.8 Å². The summed E-state index contributed by atoms with van der Waals surface area (Å²) in [6, 6.07) is 16.7. The molecule has 0 unspecified atom stereocenters. The molecular formula is C24H30N2O4. The SMILES string of the molecule is O=C(Nc1ccc(OC2CCCC2)cc1)N1CCOC[C@@H]1C[C@H](O)c1ccccc1. The summed E-state index contributed by atoms with van der Waals surface area (Å²) in [4.78, 5) is 14.7. The van der Waals surface area contributed by atoms with Crippen molar-refractivity contribution in [2.45, 2.75) is 50.4 Å². The lowest BCUT2D eigenvalue weighted by atomic mass is 10.0. The summed E-state index contributed by atoms with van der Waals surface area (Å²) in [5.74, 6) is 0.843. The molecule has 4 rings (SSSR count). The van der Waals surface area contributed by atoms with Crippen LogP contribution in [0.1, 0.15) is 43.8 Å². The quantitative estimate of drug-likeness (QED) is 0.742. The Hall–Kier alpha value is -2.57. The molecule has 1 saturated carbocycles. The molecule has 1 heterocycles. The number of hydrogen-bond acceptors (Lipinski definition) is 4. The van der Waals surface area contributed by atoms with Gasteiger partial charge in [-0.1, -0.05) is 30.3 Å². The van der Waals surface area contributed by atoms with Crippen LogP contribution in [0.25, 0.3) is 0 Å². The van der Waals surface area contributed by atoms with Crippen LogP contribution in [0.15, 0.2) is 54.6 Å². The maximum absolute atomic E-state index is 12.9. The predicted molar refractivity (Wildman–Crippen MR) is 116 cm³/mol. The molecule has 2 aromatic carbocycles. The van der Waals surface area contributed by atoms with E-state index >= 15 is 0 Å².